The number of methoxy groups -OCH3 is 1. The number of rotatable bonds is 3. The lowest BCUT2D eigenvalue weighted by molar-refractivity contribution is 0.0177. The van der Waals surface area contributed by atoms with Gasteiger partial charge in [-0.15, -0.1) is 0 Å². The highest BCUT2D eigenvalue weighted by molar-refractivity contribution is 4.72. The first-order chi connectivity index (χ1) is 7.72. The average molecular weight is 239 g/mol. The molecule has 1 saturated heterocycles. The van der Waals surface area contributed by atoms with Crippen LogP contribution in [0.4, 0.5) is 8.78 Å². The molecule has 0 bridgehead atoms. The van der Waals surface area contributed by atoms with E-state index in [0.29, 0.717) is 0 Å². The zero-order valence-corrected chi connectivity index (χ0v) is 11.3. The third kappa shape index (κ3) is 9.04. The molecule has 0 aromatic carbocycles. The lowest BCUT2D eigenvalue weighted by Crippen LogP contribution is -2.39. The van der Waals surface area contributed by atoms with Gasteiger partial charge in [-0.25, -0.2) is 8.78 Å². The van der Waals surface area contributed by atoms with Crippen molar-refractivity contribution in [2.75, 3.05) is 26.7 Å². The summed E-state index contributed by atoms with van der Waals surface area (Å²) < 4.78 is 29.0. The van der Waals surface area contributed by atoms with Crippen molar-refractivity contribution in [1.82, 2.24) is 4.90 Å². The summed E-state index contributed by atoms with van der Waals surface area (Å²) in [6.07, 6.45) is -0.171. The maximum Gasteiger partial charge on any atom is 0.251 e. The van der Waals surface area contributed by atoms with Gasteiger partial charge in [-0.1, -0.05) is 27.7 Å². The van der Waals surface area contributed by atoms with Crippen molar-refractivity contribution < 1.29 is 13.5 Å². The molecular formula is C12H27F2NO. The van der Waals surface area contributed by atoms with Crippen LogP contribution in [0.15, 0.2) is 0 Å². The highest BCUT2D eigenvalue weighted by atomic mass is 19.3. The van der Waals surface area contributed by atoms with Gasteiger partial charge in [0.2, 0.25) is 0 Å². The Hall–Kier alpha value is -0.220. The third-order valence-corrected chi connectivity index (χ3v) is 2.26. The van der Waals surface area contributed by atoms with Crippen LogP contribution >= 0.6 is 0 Å². The first kappa shape index (κ1) is 18.2. The van der Waals surface area contributed by atoms with E-state index in [0.717, 1.165) is 25.9 Å². The molecule has 0 atom stereocenters. The Balaban J connectivity index is 0. The molecule has 0 saturated carbocycles. The van der Waals surface area contributed by atoms with E-state index in [1.165, 1.54) is 0 Å². The second-order valence-electron chi connectivity index (χ2n) is 3.13. The fraction of sp³-hybridized carbons (Fsp3) is 1.00. The second-order valence-corrected chi connectivity index (χ2v) is 3.13. The normalized spacial score (nSPS) is 17.2. The Morgan fingerprint density at radius 2 is 1.56 bits per heavy atom. The third-order valence-electron chi connectivity index (χ3n) is 2.26. The predicted molar refractivity (Wildman–Crippen MR) is 65.2 cm³/mol. The van der Waals surface area contributed by atoms with Crippen LogP contribution < -0.4 is 0 Å². The maximum absolute atomic E-state index is 11.9. The number of ether oxygens (including phenoxy) is 1. The zero-order chi connectivity index (χ0) is 13.0. The number of likely N-dealkylation sites (tertiary alicyclic amines) is 1. The van der Waals surface area contributed by atoms with Crippen LogP contribution in [0.25, 0.3) is 0 Å². The number of nitrogens with zero attached hydrogens (tertiary/aromatic N) is 1. The lowest BCUT2D eigenvalue weighted by atomic mass is 10.1. The second kappa shape index (κ2) is 12.8. The fourth-order valence-corrected chi connectivity index (χ4v) is 1.52. The molecule has 1 rings (SSSR count). The largest absolute Gasteiger partial charge is 0.381 e. The van der Waals surface area contributed by atoms with Crippen LogP contribution in [-0.2, 0) is 4.74 Å². The van der Waals surface area contributed by atoms with Gasteiger partial charge in [0.1, 0.15) is 0 Å². The van der Waals surface area contributed by atoms with Crippen LogP contribution in [0.1, 0.15) is 40.5 Å². The fourth-order valence-electron chi connectivity index (χ4n) is 1.52. The summed E-state index contributed by atoms with van der Waals surface area (Å²) in [7, 11) is 1.67. The first-order valence-electron chi connectivity index (χ1n) is 6.25. The zero-order valence-electron chi connectivity index (χ0n) is 11.3. The van der Waals surface area contributed by atoms with Gasteiger partial charge in [-0.2, -0.15) is 0 Å². The molecule has 1 aliphatic rings. The Morgan fingerprint density at radius 1 is 1.12 bits per heavy atom. The summed E-state index contributed by atoms with van der Waals surface area (Å²) in [6, 6.07) is 0. The van der Waals surface area contributed by atoms with E-state index < -0.39 is 6.43 Å². The summed E-state index contributed by atoms with van der Waals surface area (Å²) in [5.41, 5.74) is 0. The van der Waals surface area contributed by atoms with E-state index >= 15 is 0 Å². The van der Waals surface area contributed by atoms with Crippen molar-refractivity contribution >= 4 is 0 Å². The molecule has 0 spiro atoms. The summed E-state index contributed by atoms with van der Waals surface area (Å²) in [6.45, 7) is 9.39. The van der Waals surface area contributed by atoms with E-state index in [1.807, 2.05) is 27.7 Å². The van der Waals surface area contributed by atoms with E-state index in [2.05, 4.69) is 0 Å². The van der Waals surface area contributed by atoms with Crippen molar-refractivity contribution in [3.05, 3.63) is 0 Å². The topological polar surface area (TPSA) is 12.5 Å². The quantitative estimate of drug-likeness (QED) is 0.748. The van der Waals surface area contributed by atoms with Gasteiger partial charge in [0.25, 0.3) is 6.43 Å². The summed E-state index contributed by atoms with van der Waals surface area (Å²) >= 11 is 0. The van der Waals surface area contributed by atoms with Crippen LogP contribution in [-0.4, -0.2) is 44.2 Å². The molecule has 0 aromatic rings. The van der Waals surface area contributed by atoms with Crippen LogP contribution in [0, 0.1) is 0 Å². The van der Waals surface area contributed by atoms with Gasteiger partial charge in [0.15, 0.2) is 0 Å². The highest BCUT2D eigenvalue weighted by Gasteiger charge is 2.20. The average Bonchev–Trinajstić information content (AvgIpc) is 2.34. The number of halogens is 2. The molecule has 0 unspecified atom stereocenters. The molecule has 1 aliphatic heterocycles. The standard InChI is InChI=1S/C8H15F2NO.2C2H6/c1-12-7-2-4-11(5-3-7)6-8(9)10;2*1-2/h7-8H,2-6H2,1H3;2*1-2H3. The molecule has 0 radical (unpaired) electrons. The van der Waals surface area contributed by atoms with Crippen molar-refractivity contribution in [2.45, 2.75) is 53.1 Å². The number of alkyl halides is 2. The Morgan fingerprint density at radius 3 is 1.88 bits per heavy atom. The SMILES string of the molecule is CC.CC.COC1CCN(CC(F)F)CC1. The van der Waals surface area contributed by atoms with E-state index in [1.54, 1.807) is 12.0 Å². The minimum absolute atomic E-state index is 0.0869. The van der Waals surface area contributed by atoms with Crippen molar-refractivity contribution in [3.8, 4) is 0 Å². The number of hydrogen-bond acceptors (Lipinski definition) is 2. The molecule has 1 fully saturated rings. The molecule has 0 aromatic heterocycles. The molecule has 0 aliphatic carbocycles. The van der Waals surface area contributed by atoms with Gasteiger partial charge in [0.05, 0.1) is 12.6 Å². The molecule has 4 heteroatoms. The van der Waals surface area contributed by atoms with Gasteiger partial charge in [0, 0.05) is 20.2 Å². The van der Waals surface area contributed by atoms with Crippen LogP contribution in [0.2, 0.25) is 0 Å². The molecule has 0 N–H and O–H groups in total. The van der Waals surface area contributed by atoms with E-state index in [4.69, 9.17) is 4.74 Å². The first-order valence-corrected chi connectivity index (χ1v) is 6.25. The van der Waals surface area contributed by atoms with Crippen LogP contribution in [0.5, 0.6) is 0 Å². The summed E-state index contributed by atoms with van der Waals surface area (Å²) in [4.78, 5) is 1.79. The van der Waals surface area contributed by atoms with E-state index in [9.17, 15) is 8.78 Å². The van der Waals surface area contributed by atoms with Crippen molar-refractivity contribution in [2.24, 2.45) is 0 Å². The Labute approximate surface area is 99.0 Å². The molecule has 16 heavy (non-hydrogen) atoms. The molecular weight excluding hydrogens is 212 g/mol. The van der Waals surface area contributed by atoms with Gasteiger partial charge < -0.3 is 4.74 Å². The molecule has 100 valence electrons. The minimum atomic E-state index is -2.20. The monoisotopic (exact) mass is 239 g/mol. The van der Waals surface area contributed by atoms with Gasteiger partial charge in [-0.3, -0.25) is 4.90 Å². The number of piperidine rings is 1. The van der Waals surface area contributed by atoms with E-state index in [-0.39, 0.29) is 12.6 Å². The summed E-state index contributed by atoms with van der Waals surface area (Å²) in [5, 5.41) is 0. The van der Waals surface area contributed by atoms with Crippen molar-refractivity contribution in [1.29, 1.82) is 0 Å². The Bertz CT molecular complexity index is 126. The van der Waals surface area contributed by atoms with Gasteiger partial charge >= 0.3 is 0 Å². The molecule has 0 amide bonds. The smallest absolute Gasteiger partial charge is 0.251 e. The lowest BCUT2D eigenvalue weighted by Gasteiger charge is -2.30. The van der Waals surface area contributed by atoms with Crippen LogP contribution in [0.3, 0.4) is 0 Å². The molecule has 1 heterocycles. The summed E-state index contributed by atoms with van der Waals surface area (Å²) in [5.74, 6) is 0. The van der Waals surface area contributed by atoms with Crippen molar-refractivity contribution in [3.63, 3.8) is 0 Å². The molecule has 2 nitrogen and oxygen atoms in total. The highest BCUT2D eigenvalue weighted by Crippen LogP contribution is 2.13. The maximum atomic E-state index is 11.9. The minimum Gasteiger partial charge on any atom is -0.381 e. The number of hydrogen-bond donors (Lipinski definition) is 0. The van der Waals surface area contributed by atoms with Gasteiger partial charge in [-0.05, 0) is 12.8 Å². The Kier molecular flexibility index (Phi) is 14.6. The predicted octanol–water partition coefficient (Wildman–Crippen LogP) is 3.41.